The van der Waals surface area contributed by atoms with Gasteiger partial charge in [0.05, 0.1) is 42.8 Å². The lowest BCUT2D eigenvalue weighted by molar-refractivity contribution is -0.302. The summed E-state index contributed by atoms with van der Waals surface area (Å²) in [6, 6.07) is -1.20. The molecule has 1 aliphatic carbocycles. The van der Waals surface area contributed by atoms with Crippen LogP contribution in [0.3, 0.4) is 0 Å². The number of cyclic esters (lactones) is 1. The van der Waals surface area contributed by atoms with Crippen molar-refractivity contribution in [1.82, 2.24) is 9.80 Å². The quantitative estimate of drug-likeness (QED) is 0.0682. The maximum Gasteiger partial charge on any atom is 0.410 e. The van der Waals surface area contributed by atoms with Gasteiger partial charge in [-0.1, -0.05) is 50.6 Å². The zero-order valence-corrected chi connectivity index (χ0v) is 41.3. The molecule has 5 rings (SSSR count). The molecule has 2 amide bonds. The van der Waals surface area contributed by atoms with Crippen LogP contribution in [-0.4, -0.2) is 163 Å². The third-order valence-electron chi connectivity index (χ3n) is 14.9. The zero-order valence-electron chi connectivity index (χ0n) is 41.3. The van der Waals surface area contributed by atoms with Crippen LogP contribution in [0.25, 0.3) is 0 Å². The van der Waals surface area contributed by atoms with Gasteiger partial charge >= 0.3 is 12.1 Å². The fourth-order valence-corrected chi connectivity index (χ4v) is 10.7. The third-order valence-corrected chi connectivity index (χ3v) is 14.9. The molecule has 0 unspecified atom stereocenters. The number of Topliss-reactive ketones (excluding diaryl/α,β-unsaturated/α-hetero) is 2. The van der Waals surface area contributed by atoms with Crippen LogP contribution in [0.5, 0.6) is 0 Å². The standard InChI is InChI=1S/C50H78N4O14/c1-28-19-29(2)21-41(64-7)44-42(65-8)23-31(4)50(62,68-44)45(58)47(59)54-17-11-9-14-36(54)48(60)67-43(32(5)37(56)25-38(57)34(20-28)13-10-12-18-55)30(3)22-33-15-16-39(40(24-33)63-6)66-49(61)53-26-35(27-53)46(51)52/h10,12,20,22,29,31-37,39-44,55-56,62H,9,11,13-19,21,23-27H2,1-8H3,(H3,51,52)/b12-10+,28-20+,30-22+/t29-,31+,32+,33-,34+,36-,37-,39+,40+,41-,42-,43+,44+,50+/m0/s1. The summed E-state index contributed by atoms with van der Waals surface area (Å²) in [7, 11) is 4.56. The van der Waals surface area contributed by atoms with Crippen molar-refractivity contribution in [2.75, 3.05) is 47.6 Å². The summed E-state index contributed by atoms with van der Waals surface area (Å²) >= 11 is 0. The van der Waals surface area contributed by atoms with Gasteiger partial charge in [0.1, 0.15) is 30.1 Å². The lowest BCUT2D eigenvalue weighted by Gasteiger charge is -2.47. The average Bonchev–Trinajstić information content (AvgIpc) is 3.28. The van der Waals surface area contributed by atoms with Crippen LogP contribution < -0.4 is 5.73 Å². The molecule has 0 spiro atoms. The number of amides is 2. The van der Waals surface area contributed by atoms with Gasteiger partial charge in [-0.3, -0.25) is 19.8 Å². The molecule has 4 heterocycles. The van der Waals surface area contributed by atoms with Crippen LogP contribution in [0, 0.1) is 40.9 Å². The summed E-state index contributed by atoms with van der Waals surface area (Å²) in [6.45, 7) is 9.51. The molecule has 0 aromatic heterocycles. The molecule has 3 saturated heterocycles. The number of ketones is 2. The number of carbonyl (C=O) groups excluding carboxylic acids is 5. The Morgan fingerprint density at radius 1 is 0.941 bits per heavy atom. The lowest BCUT2D eigenvalue weighted by atomic mass is 9.81. The minimum atomic E-state index is -2.56. The summed E-state index contributed by atoms with van der Waals surface area (Å²) in [6.07, 6.45) is 4.95. The molecule has 0 radical (unpaired) electrons. The molecule has 0 aromatic rings. The summed E-state index contributed by atoms with van der Waals surface area (Å²) in [4.78, 5) is 73.1. The molecule has 6 N–H and O–H groups in total. The van der Waals surface area contributed by atoms with Crippen LogP contribution in [0.4, 0.5) is 4.79 Å². The van der Waals surface area contributed by atoms with Crippen molar-refractivity contribution in [3.8, 4) is 0 Å². The Bertz CT molecular complexity index is 1880. The van der Waals surface area contributed by atoms with Crippen molar-refractivity contribution in [2.45, 2.75) is 160 Å². The number of aliphatic hydroxyl groups excluding tert-OH is 2. The van der Waals surface area contributed by atoms with Crippen molar-refractivity contribution in [2.24, 2.45) is 41.2 Å². The molecule has 0 aromatic carbocycles. The number of ether oxygens (including phenoxy) is 6. The highest BCUT2D eigenvalue weighted by molar-refractivity contribution is 6.39. The van der Waals surface area contributed by atoms with E-state index in [1.54, 1.807) is 40.0 Å². The number of nitrogens with zero attached hydrogens (tertiary/aromatic N) is 2. The van der Waals surface area contributed by atoms with Gasteiger partial charge in [-0.05, 0) is 95.5 Å². The Balaban J connectivity index is 1.48. The molecule has 2 bridgehead atoms. The van der Waals surface area contributed by atoms with Crippen LogP contribution in [0.2, 0.25) is 0 Å². The molecule has 5 aliphatic rings. The molecule has 68 heavy (non-hydrogen) atoms. The first-order chi connectivity index (χ1) is 32.3. The second kappa shape index (κ2) is 24.7. The van der Waals surface area contributed by atoms with E-state index in [0.717, 1.165) is 10.5 Å². The molecule has 18 heteroatoms. The molecule has 4 fully saturated rings. The van der Waals surface area contributed by atoms with Gasteiger partial charge in [-0.25, -0.2) is 9.59 Å². The zero-order chi connectivity index (χ0) is 50.0. The summed E-state index contributed by atoms with van der Waals surface area (Å²) in [5.74, 6) is -8.56. The summed E-state index contributed by atoms with van der Waals surface area (Å²) < 4.78 is 36.1. The molecule has 14 atom stereocenters. The number of hydrogen-bond acceptors (Lipinski definition) is 15. The van der Waals surface area contributed by atoms with Gasteiger partial charge in [0, 0.05) is 65.1 Å². The average molecular weight is 959 g/mol. The number of nitrogens with one attached hydrogen (secondary N) is 1. The van der Waals surface area contributed by atoms with Crippen molar-refractivity contribution in [1.29, 1.82) is 5.41 Å². The molecule has 4 aliphatic heterocycles. The SMILES string of the molecule is CO[C@H]1C[C@@H](C)C/C(C)=C/[C@@H](C/C=C/CO)C(=O)C[C@H](O)[C@@H](C)[C@@H](/C(C)=C/[C@@H]2CC[C@@H](OC(=O)N3CC(C(=N)N)C3)[C@H](OC)C2)OC(=O)[C@@H]2CCCCN2C(=O)C(=O)[C@]2(O)O[C@H]1[C@@H](OC)C[C@H]2C. The number of likely N-dealkylation sites (tertiary alicyclic amines) is 1. The fourth-order valence-electron chi connectivity index (χ4n) is 10.7. The monoisotopic (exact) mass is 959 g/mol. The third kappa shape index (κ3) is 13.2. The number of methoxy groups -OCH3 is 3. The predicted octanol–water partition coefficient (Wildman–Crippen LogP) is 4.01. The van der Waals surface area contributed by atoms with Gasteiger partial charge in [-0.2, -0.15) is 0 Å². The maximum atomic E-state index is 14.6. The fraction of sp³-hybridized carbons (Fsp3) is 0.760. The Kier molecular flexibility index (Phi) is 19.9. The van der Waals surface area contributed by atoms with Gasteiger partial charge in [0.25, 0.3) is 11.7 Å². The van der Waals surface area contributed by atoms with Crippen molar-refractivity contribution in [3.63, 3.8) is 0 Å². The predicted molar refractivity (Wildman–Crippen MR) is 250 cm³/mol. The number of rotatable bonds is 10. The first-order valence-electron chi connectivity index (χ1n) is 24.4. The van der Waals surface area contributed by atoms with Crippen LogP contribution >= 0.6 is 0 Å². The van der Waals surface area contributed by atoms with E-state index in [4.69, 9.17) is 39.6 Å². The first-order valence-corrected chi connectivity index (χ1v) is 24.4. The van der Waals surface area contributed by atoms with Crippen LogP contribution in [-0.2, 0) is 47.6 Å². The van der Waals surface area contributed by atoms with E-state index in [0.29, 0.717) is 63.6 Å². The van der Waals surface area contributed by atoms with Crippen molar-refractivity contribution in [3.05, 3.63) is 35.5 Å². The van der Waals surface area contributed by atoms with Crippen molar-refractivity contribution < 1.29 is 67.7 Å². The number of allylic oxidation sites excluding steroid dienone is 4. The Morgan fingerprint density at radius 2 is 1.62 bits per heavy atom. The first kappa shape index (κ1) is 54.9. The Morgan fingerprint density at radius 3 is 2.26 bits per heavy atom. The minimum absolute atomic E-state index is 0.0298. The second-order valence-corrected chi connectivity index (χ2v) is 20.0. The van der Waals surface area contributed by atoms with E-state index in [1.807, 2.05) is 26.0 Å². The van der Waals surface area contributed by atoms with Gasteiger partial charge in [0.15, 0.2) is 0 Å². The number of amidine groups is 1. The number of carbonyl (C=O) groups is 5. The maximum absolute atomic E-state index is 14.6. The molecule has 18 nitrogen and oxygen atoms in total. The van der Waals surface area contributed by atoms with Gasteiger partial charge in [-0.15, -0.1) is 0 Å². The molecular formula is C50H78N4O14. The lowest BCUT2D eigenvalue weighted by Crippen LogP contribution is -2.64. The number of hydrogen-bond donors (Lipinski definition) is 5. The van der Waals surface area contributed by atoms with Gasteiger partial charge < -0.3 is 59.3 Å². The summed E-state index contributed by atoms with van der Waals surface area (Å²) in [5, 5.41) is 41.2. The van der Waals surface area contributed by atoms with Crippen LogP contribution in [0.1, 0.15) is 105 Å². The number of fused-ring (bicyclic) bond motifs is 3. The van der Waals surface area contributed by atoms with E-state index in [1.165, 1.54) is 19.1 Å². The Labute approximate surface area is 401 Å². The van der Waals surface area contributed by atoms with E-state index in [2.05, 4.69) is 0 Å². The minimum Gasteiger partial charge on any atom is -0.456 e. The molecule has 382 valence electrons. The normalized spacial score (nSPS) is 37.6. The second-order valence-electron chi connectivity index (χ2n) is 20.0. The van der Waals surface area contributed by atoms with Crippen LogP contribution in [0.15, 0.2) is 35.5 Å². The highest BCUT2D eigenvalue weighted by Crippen LogP contribution is 2.39. The summed E-state index contributed by atoms with van der Waals surface area (Å²) in [5.41, 5.74) is 7.08. The molecular weight excluding hydrogens is 881 g/mol. The topological polar surface area (TPSA) is 258 Å². The smallest absolute Gasteiger partial charge is 0.410 e. The number of aliphatic hydroxyl groups is 3. The largest absolute Gasteiger partial charge is 0.456 e. The number of nitrogens with two attached hydrogens (primary N) is 1. The Hall–Kier alpha value is -4.04. The van der Waals surface area contributed by atoms with Gasteiger partial charge in [0.2, 0.25) is 5.79 Å². The van der Waals surface area contributed by atoms with Crippen molar-refractivity contribution >= 4 is 35.4 Å². The van der Waals surface area contributed by atoms with E-state index in [-0.39, 0.29) is 68.2 Å². The number of esters is 1. The highest BCUT2D eigenvalue weighted by atomic mass is 16.7. The highest BCUT2D eigenvalue weighted by Gasteiger charge is 2.56. The molecule has 1 saturated carbocycles. The van der Waals surface area contributed by atoms with E-state index >= 15 is 0 Å². The van der Waals surface area contributed by atoms with E-state index in [9.17, 15) is 39.3 Å². The van der Waals surface area contributed by atoms with E-state index < -0.39 is 96.1 Å². The number of piperidine rings is 1.